The Morgan fingerprint density at radius 1 is 1.27 bits per heavy atom. The molecule has 3 heterocycles. The lowest BCUT2D eigenvalue weighted by atomic mass is 10.2. The Morgan fingerprint density at radius 2 is 2.12 bits per heavy atom. The van der Waals surface area contributed by atoms with Gasteiger partial charge in [0.15, 0.2) is 16.3 Å². The molecule has 1 aliphatic heterocycles. The zero-order valence-electron chi connectivity index (χ0n) is 18.4. The predicted octanol–water partition coefficient (Wildman–Crippen LogP) is 4.25. The Labute approximate surface area is 209 Å². The van der Waals surface area contributed by atoms with Gasteiger partial charge in [-0.15, -0.1) is 0 Å². The SMILES string of the molecule is CCCCn1c(SC2=COC(c3ccccc3I)O2)nc2c(=O)n(COCCOC)cnc21. The molecule has 0 aliphatic carbocycles. The van der Waals surface area contributed by atoms with Crippen LogP contribution in [-0.4, -0.2) is 39.4 Å². The first kappa shape index (κ1) is 24.0. The lowest BCUT2D eigenvalue weighted by Gasteiger charge is -2.13. The summed E-state index contributed by atoms with van der Waals surface area (Å²) in [5.41, 5.74) is 1.57. The summed E-state index contributed by atoms with van der Waals surface area (Å²) in [6, 6.07) is 7.91. The minimum absolute atomic E-state index is 0.0922. The van der Waals surface area contributed by atoms with Crippen molar-refractivity contribution in [3.8, 4) is 0 Å². The van der Waals surface area contributed by atoms with Crippen LogP contribution in [0.5, 0.6) is 0 Å². The van der Waals surface area contributed by atoms with E-state index in [-0.39, 0.29) is 12.3 Å². The fourth-order valence-electron chi connectivity index (χ4n) is 3.22. The van der Waals surface area contributed by atoms with Crippen LogP contribution in [-0.2, 0) is 32.2 Å². The summed E-state index contributed by atoms with van der Waals surface area (Å²) < 4.78 is 26.7. The molecule has 3 aromatic rings. The van der Waals surface area contributed by atoms with Gasteiger partial charge in [0.2, 0.25) is 5.09 Å². The van der Waals surface area contributed by atoms with E-state index >= 15 is 0 Å². The zero-order valence-corrected chi connectivity index (χ0v) is 21.4. The van der Waals surface area contributed by atoms with Crippen LogP contribution >= 0.6 is 34.4 Å². The van der Waals surface area contributed by atoms with E-state index in [0.29, 0.717) is 41.2 Å². The number of hydrogen-bond donors (Lipinski definition) is 0. The largest absolute Gasteiger partial charge is 0.454 e. The average Bonchev–Trinajstić information content (AvgIpc) is 3.42. The Balaban J connectivity index is 1.56. The van der Waals surface area contributed by atoms with Gasteiger partial charge < -0.3 is 23.5 Å². The van der Waals surface area contributed by atoms with Crippen molar-refractivity contribution in [2.45, 2.75) is 44.5 Å². The number of thioether (sulfide) groups is 1. The lowest BCUT2D eigenvalue weighted by Crippen LogP contribution is -2.23. The first-order valence-electron chi connectivity index (χ1n) is 10.6. The Bertz CT molecular complexity index is 1200. The zero-order chi connectivity index (χ0) is 23.2. The van der Waals surface area contributed by atoms with Gasteiger partial charge in [-0.05, 0) is 46.8 Å². The molecule has 1 unspecified atom stereocenters. The van der Waals surface area contributed by atoms with Gasteiger partial charge in [0, 0.05) is 22.8 Å². The van der Waals surface area contributed by atoms with Gasteiger partial charge in [0.05, 0.1) is 13.2 Å². The van der Waals surface area contributed by atoms with Crippen molar-refractivity contribution in [2.75, 3.05) is 20.3 Å². The van der Waals surface area contributed by atoms with Crippen molar-refractivity contribution in [1.82, 2.24) is 19.1 Å². The molecule has 176 valence electrons. The number of imidazole rings is 1. The average molecular weight is 584 g/mol. The summed E-state index contributed by atoms with van der Waals surface area (Å²) >= 11 is 3.59. The monoisotopic (exact) mass is 584 g/mol. The van der Waals surface area contributed by atoms with E-state index in [2.05, 4.69) is 39.5 Å². The predicted molar refractivity (Wildman–Crippen MR) is 133 cm³/mol. The fourth-order valence-corrected chi connectivity index (χ4v) is 4.71. The molecule has 0 bridgehead atoms. The van der Waals surface area contributed by atoms with E-state index in [9.17, 15) is 4.79 Å². The molecule has 0 saturated heterocycles. The van der Waals surface area contributed by atoms with E-state index in [1.807, 2.05) is 28.8 Å². The van der Waals surface area contributed by atoms with Crippen LogP contribution in [0.2, 0.25) is 0 Å². The molecular weight excluding hydrogens is 559 g/mol. The van der Waals surface area contributed by atoms with Crippen molar-refractivity contribution in [3.63, 3.8) is 0 Å². The molecule has 9 nitrogen and oxygen atoms in total. The van der Waals surface area contributed by atoms with Crippen LogP contribution in [0.25, 0.3) is 11.2 Å². The van der Waals surface area contributed by atoms with Crippen molar-refractivity contribution >= 4 is 45.5 Å². The number of aryl methyl sites for hydroxylation is 1. The summed E-state index contributed by atoms with van der Waals surface area (Å²) in [6.45, 7) is 3.75. The number of nitrogens with zero attached hydrogens (tertiary/aromatic N) is 4. The van der Waals surface area contributed by atoms with Gasteiger partial charge in [-0.1, -0.05) is 31.5 Å². The molecule has 4 rings (SSSR count). The number of methoxy groups -OCH3 is 1. The minimum Gasteiger partial charge on any atom is -0.454 e. The van der Waals surface area contributed by atoms with E-state index in [4.69, 9.17) is 18.9 Å². The molecule has 0 spiro atoms. The third kappa shape index (κ3) is 5.53. The van der Waals surface area contributed by atoms with E-state index in [1.165, 1.54) is 22.7 Å². The highest BCUT2D eigenvalue weighted by molar-refractivity contribution is 14.1. The number of fused-ring (bicyclic) bond motifs is 1. The number of rotatable bonds is 11. The molecule has 1 atom stereocenters. The minimum atomic E-state index is -0.506. The maximum atomic E-state index is 13.0. The Hall–Kier alpha value is -2.09. The first-order chi connectivity index (χ1) is 16.1. The molecule has 2 aromatic heterocycles. The molecule has 0 radical (unpaired) electrons. The van der Waals surface area contributed by atoms with E-state index in [0.717, 1.165) is 22.0 Å². The summed E-state index contributed by atoms with van der Waals surface area (Å²) in [4.78, 5) is 22.1. The highest BCUT2D eigenvalue weighted by Gasteiger charge is 2.26. The van der Waals surface area contributed by atoms with Crippen molar-refractivity contribution in [2.24, 2.45) is 0 Å². The molecule has 0 fully saturated rings. The lowest BCUT2D eigenvalue weighted by molar-refractivity contribution is -0.0279. The quantitative estimate of drug-likeness (QED) is 0.244. The number of halogens is 1. The molecule has 1 aromatic carbocycles. The number of aromatic nitrogens is 4. The highest BCUT2D eigenvalue weighted by atomic mass is 127. The van der Waals surface area contributed by atoms with Crippen LogP contribution in [0.4, 0.5) is 0 Å². The van der Waals surface area contributed by atoms with Gasteiger partial charge in [0.25, 0.3) is 11.8 Å². The number of unbranched alkanes of at least 4 members (excludes halogenated alkanes) is 1. The Morgan fingerprint density at radius 3 is 2.91 bits per heavy atom. The molecular formula is C22H25IN4O5S. The summed E-state index contributed by atoms with van der Waals surface area (Å²) in [7, 11) is 1.60. The second kappa shape index (κ2) is 11.4. The highest BCUT2D eigenvalue weighted by Crippen LogP contribution is 2.39. The molecule has 33 heavy (non-hydrogen) atoms. The molecule has 0 saturated carbocycles. The third-order valence-corrected chi connectivity index (χ3v) is 6.82. The summed E-state index contributed by atoms with van der Waals surface area (Å²) in [6.07, 6.45) is 4.53. The molecule has 11 heteroatoms. The fraction of sp³-hybridized carbons (Fsp3) is 0.409. The number of hydrogen-bond acceptors (Lipinski definition) is 8. The van der Waals surface area contributed by atoms with Crippen LogP contribution in [0.1, 0.15) is 31.6 Å². The van der Waals surface area contributed by atoms with Crippen LogP contribution in [0.15, 0.2) is 51.9 Å². The van der Waals surface area contributed by atoms with Gasteiger partial charge in [-0.25, -0.2) is 9.97 Å². The van der Waals surface area contributed by atoms with Crippen molar-refractivity contribution in [3.05, 3.63) is 61.4 Å². The third-order valence-electron chi connectivity index (χ3n) is 4.95. The number of benzene rings is 1. The molecule has 1 aliphatic rings. The van der Waals surface area contributed by atoms with Gasteiger partial charge in [0.1, 0.15) is 19.3 Å². The number of ether oxygens (including phenoxy) is 4. The summed E-state index contributed by atoms with van der Waals surface area (Å²) in [5, 5.41) is 1.22. The van der Waals surface area contributed by atoms with Crippen molar-refractivity contribution in [1.29, 1.82) is 0 Å². The molecule has 0 N–H and O–H groups in total. The van der Waals surface area contributed by atoms with Crippen LogP contribution < -0.4 is 5.56 Å². The van der Waals surface area contributed by atoms with Gasteiger partial charge in [-0.2, -0.15) is 0 Å². The maximum Gasteiger partial charge on any atom is 0.283 e. The van der Waals surface area contributed by atoms with Crippen molar-refractivity contribution < 1.29 is 18.9 Å². The first-order valence-corrected chi connectivity index (χ1v) is 12.5. The van der Waals surface area contributed by atoms with Crippen LogP contribution in [0.3, 0.4) is 0 Å². The van der Waals surface area contributed by atoms with Gasteiger partial charge in [-0.3, -0.25) is 9.36 Å². The second-order valence-corrected chi connectivity index (χ2v) is 9.40. The van der Waals surface area contributed by atoms with E-state index in [1.54, 1.807) is 13.4 Å². The topological polar surface area (TPSA) is 89.6 Å². The standard InChI is InChI=1S/C22H25IN4O5S/c1-3-4-9-27-19-18(20(28)26(13-24-19)14-30-11-10-29-2)25-22(27)33-17-12-31-21(32-17)15-7-5-6-8-16(15)23/h5-8,12-13,21H,3-4,9-11,14H2,1-2H3. The molecule has 0 amide bonds. The summed E-state index contributed by atoms with van der Waals surface area (Å²) in [5.74, 6) is 0. The second-order valence-electron chi connectivity index (χ2n) is 7.27. The van der Waals surface area contributed by atoms with Gasteiger partial charge >= 0.3 is 0 Å². The normalized spacial score (nSPS) is 15.5. The maximum absolute atomic E-state index is 13.0. The smallest absolute Gasteiger partial charge is 0.283 e. The van der Waals surface area contributed by atoms with E-state index < -0.39 is 6.29 Å². The van der Waals surface area contributed by atoms with Crippen LogP contribution in [0, 0.1) is 3.57 Å². The Kier molecular flexibility index (Phi) is 8.28.